The summed E-state index contributed by atoms with van der Waals surface area (Å²) in [6.07, 6.45) is 10.2. The van der Waals surface area contributed by atoms with Crippen LogP contribution in [0.3, 0.4) is 0 Å². The molecule has 8 nitrogen and oxygen atoms in total. The predicted molar refractivity (Wildman–Crippen MR) is 207 cm³/mol. The first-order chi connectivity index (χ1) is 25.5. The number of hydrogen-bond acceptors (Lipinski definition) is 8. The molecule has 5 aromatic carbocycles. The highest BCUT2D eigenvalue weighted by atomic mass is 16.5. The third kappa shape index (κ3) is 12.1. The molecule has 0 saturated carbocycles. The fourth-order valence-electron chi connectivity index (χ4n) is 4.98. The van der Waals surface area contributed by atoms with Gasteiger partial charge in [-0.1, -0.05) is 69.9 Å². The number of nitrogens with zero attached hydrogens (tertiary/aromatic N) is 2. The largest absolute Gasteiger partial charge is 0.494 e. The second-order valence-corrected chi connectivity index (χ2v) is 12.1. The van der Waals surface area contributed by atoms with Crippen molar-refractivity contribution in [3.8, 4) is 23.0 Å². The van der Waals surface area contributed by atoms with Crippen LogP contribution in [0.5, 0.6) is 23.0 Å². The van der Waals surface area contributed by atoms with E-state index < -0.39 is 11.9 Å². The first-order valence-corrected chi connectivity index (χ1v) is 17.8. The van der Waals surface area contributed by atoms with E-state index in [9.17, 15) is 9.59 Å². The zero-order chi connectivity index (χ0) is 36.4. The fourth-order valence-corrected chi connectivity index (χ4v) is 4.98. The molecule has 5 rings (SSSR count). The van der Waals surface area contributed by atoms with Crippen LogP contribution >= 0.6 is 0 Å². The van der Waals surface area contributed by atoms with Gasteiger partial charge in [0.05, 0.1) is 35.7 Å². The van der Waals surface area contributed by atoms with Crippen molar-refractivity contribution in [1.82, 2.24) is 0 Å². The summed E-state index contributed by atoms with van der Waals surface area (Å²) in [6.45, 7) is 5.76. The van der Waals surface area contributed by atoms with Gasteiger partial charge in [-0.3, -0.25) is 9.98 Å². The minimum absolute atomic E-state index is 0.251. The molecule has 0 aliphatic carbocycles. The maximum absolute atomic E-state index is 12.9. The van der Waals surface area contributed by atoms with Gasteiger partial charge < -0.3 is 18.9 Å². The molecule has 0 heterocycles. The van der Waals surface area contributed by atoms with E-state index in [0.717, 1.165) is 72.5 Å². The summed E-state index contributed by atoms with van der Waals surface area (Å²) < 4.78 is 22.6. The van der Waals surface area contributed by atoms with Gasteiger partial charge in [0.15, 0.2) is 0 Å². The highest BCUT2D eigenvalue weighted by Gasteiger charge is 2.12. The molecular formula is C44H44N2O6. The van der Waals surface area contributed by atoms with E-state index in [0.29, 0.717) is 24.3 Å². The van der Waals surface area contributed by atoms with Crippen molar-refractivity contribution in [2.24, 2.45) is 9.98 Å². The molecule has 8 heteroatoms. The van der Waals surface area contributed by atoms with Crippen LogP contribution in [0.25, 0.3) is 0 Å². The highest BCUT2D eigenvalue weighted by molar-refractivity contribution is 5.93. The Morgan fingerprint density at radius 3 is 1.29 bits per heavy atom. The first kappa shape index (κ1) is 37.2. The van der Waals surface area contributed by atoms with Gasteiger partial charge in [-0.25, -0.2) is 9.59 Å². The van der Waals surface area contributed by atoms with E-state index in [1.807, 2.05) is 48.5 Å². The van der Waals surface area contributed by atoms with Crippen molar-refractivity contribution < 1.29 is 28.5 Å². The summed E-state index contributed by atoms with van der Waals surface area (Å²) in [5.41, 5.74) is 4.01. The molecule has 0 aliphatic heterocycles. The quantitative estimate of drug-likeness (QED) is 0.0392. The molecular weight excluding hydrogens is 652 g/mol. The molecule has 0 atom stereocenters. The number of esters is 2. The number of hydrogen-bond donors (Lipinski definition) is 0. The minimum atomic E-state index is -0.537. The standard InChI is InChI=1S/C44H44N2O6/c1-3-5-7-28-49-39-24-20-37(21-25-39)45-31-33-12-16-35(17-13-33)43(47)51-41-10-9-11-42(30-41)52-44(48)36-18-14-34(15-19-36)32-46-38-22-26-40(27-23-38)50-29-8-6-4-2/h9-27,30-32H,3-8,28-29H2,1-2H3. The van der Waals surface area contributed by atoms with E-state index in [4.69, 9.17) is 18.9 Å². The Kier molecular flexibility index (Phi) is 14.3. The molecule has 266 valence electrons. The van der Waals surface area contributed by atoms with Crippen molar-refractivity contribution in [2.75, 3.05) is 13.2 Å². The lowest BCUT2D eigenvalue weighted by molar-refractivity contribution is 0.0733. The molecule has 0 bridgehead atoms. The average Bonchev–Trinajstić information content (AvgIpc) is 3.18. The second kappa shape index (κ2) is 20.0. The van der Waals surface area contributed by atoms with Gasteiger partial charge in [0, 0.05) is 18.5 Å². The number of carbonyl (C=O) groups is 2. The zero-order valence-electron chi connectivity index (χ0n) is 29.7. The summed E-state index contributed by atoms with van der Waals surface area (Å²) in [5.74, 6) is 1.09. The molecule has 0 aromatic heterocycles. The van der Waals surface area contributed by atoms with Gasteiger partial charge in [-0.2, -0.15) is 0 Å². The topological polar surface area (TPSA) is 95.8 Å². The van der Waals surface area contributed by atoms with Crippen molar-refractivity contribution >= 4 is 35.7 Å². The van der Waals surface area contributed by atoms with Crippen LogP contribution < -0.4 is 18.9 Å². The lowest BCUT2D eigenvalue weighted by atomic mass is 10.1. The van der Waals surface area contributed by atoms with Crippen molar-refractivity contribution in [2.45, 2.75) is 52.4 Å². The molecule has 0 aliphatic rings. The maximum atomic E-state index is 12.9. The molecule has 0 radical (unpaired) electrons. The number of aliphatic imine (C=N–C) groups is 2. The Bertz CT molecular complexity index is 1780. The lowest BCUT2D eigenvalue weighted by Gasteiger charge is -2.08. The van der Waals surface area contributed by atoms with Gasteiger partial charge in [0.25, 0.3) is 0 Å². The molecule has 0 fully saturated rings. The van der Waals surface area contributed by atoms with Gasteiger partial charge >= 0.3 is 11.9 Å². The summed E-state index contributed by atoms with van der Waals surface area (Å²) in [4.78, 5) is 34.7. The predicted octanol–water partition coefficient (Wildman–Crippen LogP) is 10.8. The number of rotatable bonds is 18. The van der Waals surface area contributed by atoms with Crippen molar-refractivity contribution in [3.05, 3.63) is 144 Å². The third-order valence-electron chi connectivity index (χ3n) is 7.95. The molecule has 0 spiro atoms. The van der Waals surface area contributed by atoms with Gasteiger partial charge in [0.1, 0.15) is 23.0 Å². The molecule has 0 saturated heterocycles. The van der Waals surface area contributed by atoms with Crippen LogP contribution in [0.15, 0.2) is 131 Å². The van der Waals surface area contributed by atoms with E-state index in [2.05, 4.69) is 23.8 Å². The molecule has 5 aromatic rings. The van der Waals surface area contributed by atoms with Crippen molar-refractivity contribution in [1.29, 1.82) is 0 Å². The van der Waals surface area contributed by atoms with E-state index in [1.165, 1.54) is 6.07 Å². The van der Waals surface area contributed by atoms with Gasteiger partial charge in [-0.15, -0.1) is 0 Å². The number of unbranched alkanes of at least 4 members (excludes halogenated alkanes) is 4. The average molecular weight is 697 g/mol. The van der Waals surface area contributed by atoms with Gasteiger partial charge in [0.2, 0.25) is 0 Å². The fraction of sp³-hybridized carbons (Fsp3) is 0.227. The van der Waals surface area contributed by atoms with Crippen LogP contribution in [0, 0.1) is 0 Å². The smallest absolute Gasteiger partial charge is 0.343 e. The zero-order valence-corrected chi connectivity index (χ0v) is 29.7. The molecule has 0 N–H and O–H groups in total. The molecule has 52 heavy (non-hydrogen) atoms. The highest BCUT2D eigenvalue weighted by Crippen LogP contribution is 2.23. The normalized spacial score (nSPS) is 11.1. The Morgan fingerprint density at radius 1 is 0.500 bits per heavy atom. The van der Waals surface area contributed by atoms with Gasteiger partial charge in [-0.05, 0) is 109 Å². The molecule has 0 amide bonds. The van der Waals surface area contributed by atoms with Crippen LogP contribution in [-0.4, -0.2) is 37.6 Å². The Labute approximate surface area is 305 Å². The van der Waals surface area contributed by atoms with Crippen LogP contribution in [0.4, 0.5) is 11.4 Å². The SMILES string of the molecule is CCCCCOc1ccc(N=Cc2ccc(C(=O)Oc3cccc(OC(=O)c4ccc(C=Nc5ccc(OCCCCC)cc5)cc4)c3)cc2)cc1. The minimum Gasteiger partial charge on any atom is -0.494 e. The summed E-state index contributed by atoms with van der Waals surface area (Å²) >= 11 is 0. The second-order valence-electron chi connectivity index (χ2n) is 12.1. The number of ether oxygens (including phenoxy) is 4. The Hall–Kier alpha value is -6.02. The van der Waals surface area contributed by atoms with Crippen LogP contribution in [0.2, 0.25) is 0 Å². The lowest BCUT2D eigenvalue weighted by Crippen LogP contribution is -2.10. The third-order valence-corrected chi connectivity index (χ3v) is 7.95. The van der Waals surface area contributed by atoms with Crippen LogP contribution in [0.1, 0.15) is 84.2 Å². The van der Waals surface area contributed by atoms with E-state index in [1.54, 1.807) is 79.2 Å². The Morgan fingerprint density at radius 2 is 0.904 bits per heavy atom. The summed E-state index contributed by atoms with van der Waals surface area (Å²) in [6, 6.07) is 35.6. The summed E-state index contributed by atoms with van der Waals surface area (Å²) in [7, 11) is 0. The maximum Gasteiger partial charge on any atom is 0.343 e. The first-order valence-electron chi connectivity index (χ1n) is 17.8. The van der Waals surface area contributed by atoms with E-state index in [-0.39, 0.29) is 11.5 Å². The van der Waals surface area contributed by atoms with Crippen LogP contribution in [-0.2, 0) is 0 Å². The molecule has 0 unspecified atom stereocenters. The number of carbonyl (C=O) groups excluding carboxylic acids is 2. The monoisotopic (exact) mass is 696 g/mol. The van der Waals surface area contributed by atoms with Crippen molar-refractivity contribution in [3.63, 3.8) is 0 Å². The Balaban J connectivity index is 1.09. The van der Waals surface area contributed by atoms with E-state index >= 15 is 0 Å². The number of benzene rings is 5. The summed E-state index contributed by atoms with van der Waals surface area (Å²) in [5, 5.41) is 0.